The normalized spacial score (nSPS) is 10.5. The Balaban J connectivity index is 2.87. The third-order valence-corrected chi connectivity index (χ3v) is 2.01. The SMILES string of the molecule is Cc1ccc2c(N)[n+](N)ccc2n1. The van der Waals surface area contributed by atoms with Crippen LogP contribution in [0.15, 0.2) is 24.4 Å². The quantitative estimate of drug-likeness (QED) is 0.441. The summed E-state index contributed by atoms with van der Waals surface area (Å²) in [5.41, 5.74) is 7.61. The molecular formula is C9H11N4+. The van der Waals surface area contributed by atoms with Crippen LogP contribution in [0.1, 0.15) is 5.69 Å². The van der Waals surface area contributed by atoms with E-state index in [4.69, 9.17) is 11.6 Å². The third-order valence-electron chi connectivity index (χ3n) is 2.01. The lowest BCUT2D eigenvalue weighted by Gasteiger charge is -2.00. The molecule has 0 saturated heterocycles. The van der Waals surface area contributed by atoms with E-state index in [-0.39, 0.29) is 0 Å². The van der Waals surface area contributed by atoms with Crippen LogP contribution in [0, 0.1) is 6.92 Å². The van der Waals surface area contributed by atoms with E-state index in [1.54, 1.807) is 6.20 Å². The van der Waals surface area contributed by atoms with Crippen LogP contribution in [-0.2, 0) is 0 Å². The molecule has 2 rings (SSSR count). The zero-order chi connectivity index (χ0) is 9.42. The van der Waals surface area contributed by atoms with E-state index in [1.165, 1.54) is 4.68 Å². The molecular weight excluding hydrogens is 164 g/mol. The minimum atomic E-state index is 0.532. The monoisotopic (exact) mass is 175 g/mol. The number of nitrogens with two attached hydrogens (primary N) is 2. The number of hydrogen-bond acceptors (Lipinski definition) is 3. The van der Waals surface area contributed by atoms with E-state index < -0.39 is 0 Å². The van der Waals surface area contributed by atoms with Crippen LogP contribution in [0.5, 0.6) is 0 Å². The van der Waals surface area contributed by atoms with Gasteiger partial charge in [0.15, 0.2) is 0 Å². The van der Waals surface area contributed by atoms with Gasteiger partial charge in [-0.15, -0.1) is 4.68 Å². The van der Waals surface area contributed by atoms with Gasteiger partial charge in [-0.2, -0.15) is 0 Å². The number of hydrogen-bond donors (Lipinski definition) is 2. The summed E-state index contributed by atoms with van der Waals surface area (Å²) in [6, 6.07) is 5.69. The Bertz CT molecular complexity index is 464. The number of nitrogens with zero attached hydrogens (tertiary/aromatic N) is 2. The van der Waals surface area contributed by atoms with Crippen molar-refractivity contribution in [2.75, 3.05) is 11.6 Å². The van der Waals surface area contributed by atoms with Gasteiger partial charge >= 0.3 is 5.82 Å². The van der Waals surface area contributed by atoms with E-state index in [2.05, 4.69) is 4.98 Å². The summed E-state index contributed by atoms with van der Waals surface area (Å²) in [5, 5.41) is 0.885. The number of aryl methyl sites for hydroxylation is 1. The highest BCUT2D eigenvalue weighted by Gasteiger charge is 2.07. The van der Waals surface area contributed by atoms with Crippen molar-refractivity contribution in [3.05, 3.63) is 30.1 Å². The van der Waals surface area contributed by atoms with Crippen molar-refractivity contribution in [3.8, 4) is 0 Å². The zero-order valence-electron chi connectivity index (χ0n) is 7.36. The van der Waals surface area contributed by atoms with Crippen LogP contribution >= 0.6 is 0 Å². The second-order valence-electron chi connectivity index (χ2n) is 2.99. The van der Waals surface area contributed by atoms with Crippen molar-refractivity contribution >= 4 is 16.7 Å². The summed E-state index contributed by atoms with van der Waals surface area (Å²) in [6.07, 6.45) is 1.70. The lowest BCUT2D eigenvalue weighted by Crippen LogP contribution is -2.46. The summed E-state index contributed by atoms with van der Waals surface area (Å²) in [6.45, 7) is 1.94. The van der Waals surface area contributed by atoms with Crippen molar-refractivity contribution in [3.63, 3.8) is 0 Å². The van der Waals surface area contributed by atoms with Crippen LogP contribution in [0.25, 0.3) is 10.9 Å². The van der Waals surface area contributed by atoms with Gasteiger partial charge in [0.25, 0.3) is 0 Å². The number of nitrogen functional groups attached to an aromatic ring is 2. The molecule has 66 valence electrons. The molecule has 0 aromatic carbocycles. The van der Waals surface area contributed by atoms with Gasteiger partial charge in [0.05, 0.1) is 10.9 Å². The van der Waals surface area contributed by atoms with E-state index >= 15 is 0 Å². The Morgan fingerprint density at radius 2 is 2.08 bits per heavy atom. The molecule has 2 aromatic heterocycles. The van der Waals surface area contributed by atoms with Gasteiger partial charge in [-0.3, -0.25) is 16.6 Å². The Hall–Kier alpha value is -1.84. The van der Waals surface area contributed by atoms with Crippen LogP contribution in [0.4, 0.5) is 5.82 Å². The lowest BCUT2D eigenvalue weighted by molar-refractivity contribution is -0.622. The molecule has 0 fully saturated rings. The first kappa shape index (κ1) is 7.79. The van der Waals surface area contributed by atoms with E-state index in [0.717, 1.165) is 16.6 Å². The highest BCUT2D eigenvalue weighted by molar-refractivity contribution is 5.86. The minimum Gasteiger partial charge on any atom is -0.285 e. The Morgan fingerprint density at radius 3 is 2.85 bits per heavy atom. The van der Waals surface area contributed by atoms with Gasteiger partial charge in [-0.05, 0) is 19.1 Å². The standard InChI is InChI=1S/C9H10N4/c1-6-2-3-7-8(12-6)4-5-13(11)9(7)10/h2-5,10H,11H2,1H3/p+1. The summed E-state index contributed by atoms with van der Waals surface area (Å²) in [4.78, 5) is 4.33. The molecule has 0 amide bonds. The van der Waals surface area contributed by atoms with Gasteiger partial charge < -0.3 is 0 Å². The largest absolute Gasteiger partial charge is 0.305 e. The fourth-order valence-electron chi connectivity index (χ4n) is 1.29. The van der Waals surface area contributed by atoms with Crippen LogP contribution in [-0.4, -0.2) is 4.98 Å². The maximum atomic E-state index is 5.77. The van der Waals surface area contributed by atoms with Crippen molar-refractivity contribution in [1.82, 2.24) is 4.98 Å². The Kier molecular flexibility index (Phi) is 1.55. The van der Waals surface area contributed by atoms with Gasteiger partial charge in [0, 0.05) is 11.8 Å². The van der Waals surface area contributed by atoms with Gasteiger partial charge in [0.1, 0.15) is 6.20 Å². The summed E-state index contributed by atoms with van der Waals surface area (Å²) >= 11 is 0. The number of pyridine rings is 2. The smallest absolute Gasteiger partial charge is 0.285 e. The summed E-state index contributed by atoms with van der Waals surface area (Å²) in [5.74, 6) is 6.12. The molecule has 2 aromatic rings. The van der Waals surface area contributed by atoms with Crippen molar-refractivity contribution in [1.29, 1.82) is 0 Å². The minimum absolute atomic E-state index is 0.532. The van der Waals surface area contributed by atoms with Gasteiger partial charge in [0.2, 0.25) is 0 Å². The second kappa shape index (κ2) is 2.58. The average molecular weight is 175 g/mol. The number of anilines is 1. The predicted molar refractivity (Wildman–Crippen MR) is 51.2 cm³/mol. The Labute approximate surface area is 75.8 Å². The number of fused-ring (bicyclic) bond motifs is 1. The number of rotatable bonds is 0. The average Bonchev–Trinajstić information content (AvgIpc) is 2.12. The molecule has 0 spiro atoms. The highest BCUT2D eigenvalue weighted by atomic mass is 15.3. The predicted octanol–water partition coefficient (Wildman–Crippen LogP) is 0.127. The maximum absolute atomic E-state index is 5.77. The maximum Gasteiger partial charge on any atom is 0.305 e. The van der Waals surface area contributed by atoms with Crippen LogP contribution < -0.4 is 16.3 Å². The first-order valence-corrected chi connectivity index (χ1v) is 4.01. The zero-order valence-corrected chi connectivity index (χ0v) is 7.36. The molecule has 0 bridgehead atoms. The van der Waals surface area contributed by atoms with Crippen LogP contribution in [0.2, 0.25) is 0 Å². The molecule has 0 aliphatic rings. The topological polar surface area (TPSA) is 68.8 Å². The molecule has 4 heteroatoms. The van der Waals surface area contributed by atoms with Gasteiger partial charge in [-0.25, -0.2) is 0 Å². The summed E-state index contributed by atoms with van der Waals surface area (Å²) < 4.78 is 1.39. The first-order valence-electron chi connectivity index (χ1n) is 4.01. The van der Waals surface area contributed by atoms with Crippen molar-refractivity contribution < 1.29 is 4.68 Å². The van der Waals surface area contributed by atoms with Gasteiger partial charge in [-0.1, -0.05) is 0 Å². The van der Waals surface area contributed by atoms with E-state index in [0.29, 0.717) is 5.82 Å². The molecule has 13 heavy (non-hydrogen) atoms. The molecule has 0 aliphatic carbocycles. The first-order chi connectivity index (χ1) is 6.18. The molecule has 0 atom stereocenters. The fraction of sp³-hybridized carbons (Fsp3) is 0.111. The highest BCUT2D eigenvalue weighted by Crippen LogP contribution is 2.14. The van der Waals surface area contributed by atoms with Crippen molar-refractivity contribution in [2.45, 2.75) is 6.92 Å². The molecule has 0 unspecified atom stereocenters. The molecule has 4 N–H and O–H groups in total. The Morgan fingerprint density at radius 1 is 1.31 bits per heavy atom. The molecule has 0 radical (unpaired) electrons. The van der Waals surface area contributed by atoms with Crippen molar-refractivity contribution in [2.24, 2.45) is 0 Å². The molecule has 0 aliphatic heterocycles. The second-order valence-corrected chi connectivity index (χ2v) is 2.99. The van der Waals surface area contributed by atoms with Crippen LogP contribution in [0.3, 0.4) is 0 Å². The third kappa shape index (κ3) is 1.16. The fourth-order valence-corrected chi connectivity index (χ4v) is 1.29. The van der Waals surface area contributed by atoms with E-state index in [1.807, 2.05) is 25.1 Å². The number of aromatic nitrogens is 2. The molecule has 4 nitrogen and oxygen atoms in total. The van der Waals surface area contributed by atoms with E-state index in [9.17, 15) is 0 Å². The molecule has 0 saturated carbocycles. The molecule has 2 heterocycles. The summed E-state index contributed by atoms with van der Waals surface area (Å²) in [7, 11) is 0. The lowest BCUT2D eigenvalue weighted by atomic mass is 10.2.